The summed E-state index contributed by atoms with van der Waals surface area (Å²) in [4.78, 5) is 1.99. The number of sulfonamides is 1. The van der Waals surface area contributed by atoms with Crippen molar-refractivity contribution in [1.82, 2.24) is 9.62 Å². The van der Waals surface area contributed by atoms with Gasteiger partial charge in [0, 0.05) is 18.0 Å². The molecule has 0 aliphatic rings. The number of rotatable bonds is 8. The molecule has 0 aromatic rings. The van der Waals surface area contributed by atoms with E-state index in [1.165, 1.54) is 0 Å². The van der Waals surface area contributed by atoms with Crippen LogP contribution < -0.4 is 4.72 Å². The second-order valence-electron chi connectivity index (χ2n) is 4.74. The number of nitrogens with one attached hydrogen (secondary N) is 1. The molecule has 16 heavy (non-hydrogen) atoms. The maximum absolute atomic E-state index is 11.6. The largest absolute Gasteiger partial charge is 0.303 e. The van der Waals surface area contributed by atoms with Crippen LogP contribution in [0.2, 0.25) is 0 Å². The van der Waals surface area contributed by atoms with Gasteiger partial charge in [-0.05, 0) is 40.8 Å². The van der Waals surface area contributed by atoms with Crippen LogP contribution in [-0.4, -0.2) is 51.1 Å². The van der Waals surface area contributed by atoms with E-state index in [0.717, 1.165) is 6.42 Å². The predicted molar refractivity (Wildman–Crippen MR) is 69.5 cm³/mol. The Labute approximate surface area is 104 Å². The molecule has 0 aromatic carbocycles. The molecule has 6 heteroatoms. The summed E-state index contributed by atoms with van der Waals surface area (Å²) in [6.45, 7) is 4.41. The third kappa shape index (κ3) is 6.68. The molecule has 0 aliphatic carbocycles. The van der Waals surface area contributed by atoms with E-state index >= 15 is 0 Å². The van der Waals surface area contributed by atoms with Crippen LogP contribution in [0.25, 0.3) is 0 Å². The minimum absolute atomic E-state index is 0.156. The number of alkyl halides is 1. The molecule has 0 aliphatic heterocycles. The van der Waals surface area contributed by atoms with E-state index in [9.17, 15) is 8.42 Å². The van der Waals surface area contributed by atoms with E-state index < -0.39 is 10.0 Å². The van der Waals surface area contributed by atoms with Gasteiger partial charge in [-0.1, -0.05) is 0 Å². The van der Waals surface area contributed by atoms with Crippen molar-refractivity contribution >= 4 is 21.6 Å². The van der Waals surface area contributed by atoms with Crippen molar-refractivity contribution in [3.8, 4) is 0 Å². The minimum Gasteiger partial charge on any atom is -0.303 e. The maximum Gasteiger partial charge on any atom is 0.211 e. The summed E-state index contributed by atoms with van der Waals surface area (Å²) in [5.41, 5.74) is -0.181. The van der Waals surface area contributed by atoms with Gasteiger partial charge in [0.05, 0.1) is 5.75 Å². The predicted octanol–water partition coefficient (Wildman–Crippen LogP) is 1.26. The summed E-state index contributed by atoms with van der Waals surface area (Å²) in [5.74, 6) is 0.669. The standard InChI is InChI=1S/C10H23ClN2O2S/c1-10(2,13(3)4)9-12-16(14,15)8-6-5-7-11/h12H,5-9H2,1-4H3. The van der Waals surface area contributed by atoms with E-state index in [2.05, 4.69) is 4.72 Å². The highest BCUT2D eigenvalue weighted by atomic mass is 35.5. The first-order valence-corrected chi connectivity index (χ1v) is 7.61. The van der Waals surface area contributed by atoms with Gasteiger partial charge in [0.15, 0.2) is 0 Å². The first kappa shape index (κ1) is 16.2. The fraction of sp³-hybridized carbons (Fsp3) is 1.00. The highest BCUT2D eigenvalue weighted by Crippen LogP contribution is 2.08. The normalized spacial score (nSPS) is 13.4. The third-order valence-corrected chi connectivity index (χ3v) is 4.41. The number of nitrogens with zero attached hydrogens (tertiary/aromatic N) is 1. The van der Waals surface area contributed by atoms with E-state index in [4.69, 9.17) is 11.6 Å². The fourth-order valence-corrected chi connectivity index (χ4v) is 2.39. The van der Waals surface area contributed by atoms with Crippen LogP contribution in [0.1, 0.15) is 26.7 Å². The Morgan fingerprint density at radius 1 is 1.25 bits per heavy atom. The molecule has 0 unspecified atom stereocenters. The Balaban J connectivity index is 4.09. The van der Waals surface area contributed by atoms with Crippen LogP contribution in [0.15, 0.2) is 0 Å². The number of halogens is 1. The molecule has 0 rings (SSSR count). The van der Waals surface area contributed by atoms with Gasteiger partial charge in [-0.2, -0.15) is 0 Å². The highest BCUT2D eigenvalue weighted by molar-refractivity contribution is 7.89. The summed E-state index contributed by atoms with van der Waals surface area (Å²) in [7, 11) is 0.709. The summed E-state index contributed by atoms with van der Waals surface area (Å²) >= 11 is 5.50. The van der Waals surface area contributed by atoms with Crippen LogP contribution in [0, 0.1) is 0 Å². The monoisotopic (exact) mass is 270 g/mol. The first-order valence-electron chi connectivity index (χ1n) is 5.42. The molecule has 0 radical (unpaired) electrons. The Morgan fingerprint density at radius 2 is 1.81 bits per heavy atom. The van der Waals surface area contributed by atoms with Crippen molar-refractivity contribution in [2.24, 2.45) is 0 Å². The molecule has 0 saturated carbocycles. The molecule has 0 amide bonds. The number of unbranched alkanes of at least 4 members (excludes halogenated alkanes) is 1. The molecule has 0 heterocycles. The van der Waals surface area contributed by atoms with Crippen LogP contribution in [0.4, 0.5) is 0 Å². The molecule has 1 N–H and O–H groups in total. The minimum atomic E-state index is -3.16. The van der Waals surface area contributed by atoms with Crippen molar-refractivity contribution in [1.29, 1.82) is 0 Å². The smallest absolute Gasteiger partial charge is 0.211 e. The van der Waals surface area contributed by atoms with Crippen LogP contribution in [-0.2, 0) is 10.0 Å². The maximum atomic E-state index is 11.6. The summed E-state index contributed by atoms with van der Waals surface area (Å²) in [6.07, 6.45) is 1.35. The lowest BCUT2D eigenvalue weighted by atomic mass is 10.1. The molecule has 0 fully saturated rings. The van der Waals surface area contributed by atoms with Gasteiger partial charge in [-0.25, -0.2) is 13.1 Å². The molecular formula is C10H23ClN2O2S. The zero-order valence-electron chi connectivity index (χ0n) is 10.6. The zero-order chi connectivity index (χ0) is 12.8. The zero-order valence-corrected chi connectivity index (χ0v) is 12.2. The van der Waals surface area contributed by atoms with E-state index in [1.807, 2.05) is 32.8 Å². The third-order valence-electron chi connectivity index (χ3n) is 2.73. The molecule has 0 saturated heterocycles. The molecule has 98 valence electrons. The van der Waals surface area contributed by atoms with Crippen molar-refractivity contribution in [3.05, 3.63) is 0 Å². The topological polar surface area (TPSA) is 49.4 Å². The van der Waals surface area contributed by atoms with Crippen molar-refractivity contribution < 1.29 is 8.42 Å². The summed E-state index contributed by atoms with van der Waals surface area (Å²) in [5, 5.41) is 0. The Kier molecular flexibility index (Phi) is 6.86. The Hall–Kier alpha value is 0.160. The van der Waals surface area contributed by atoms with E-state index in [0.29, 0.717) is 18.8 Å². The number of hydrogen-bond acceptors (Lipinski definition) is 3. The van der Waals surface area contributed by atoms with Crippen molar-refractivity contribution in [2.75, 3.05) is 32.3 Å². The van der Waals surface area contributed by atoms with Gasteiger partial charge in [0.1, 0.15) is 0 Å². The SMILES string of the molecule is CN(C)C(C)(C)CNS(=O)(=O)CCCCCl. The Bertz CT molecular complexity index is 289. The second kappa shape index (κ2) is 6.79. The summed E-state index contributed by atoms with van der Waals surface area (Å²) < 4.78 is 25.8. The van der Waals surface area contributed by atoms with Crippen molar-refractivity contribution in [2.45, 2.75) is 32.2 Å². The second-order valence-corrected chi connectivity index (χ2v) is 7.05. The molecule has 0 bridgehead atoms. The van der Waals surface area contributed by atoms with Gasteiger partial charge in [0.25, 0.3) is 0 Å². The number of hydrogen-bond donors (Lipinski definition) is 1. The lowest BCUT2D eigenvalue weighted by Crippen LogP contribution is -2.48. The molecule has 4 nitrogen and oxygen atoms in total. The molecule has 0 aromatic heterocycles. The quantitative estimate of drug-likeness (QED) is 0.534. The first-order chi connectivity index (χ1) is 7.21. The van der Waals surface area contributed by atoms with Gasteiger partial charge >= 0.3 is 0 Å². The van der Waals surface area contributed by atoms with E-state index in [1.54, 1.807) is 0 Å². The van der Waals surface area contributed by atoms with Crippen LogP contribution >= 0.6 is 11.6 Å². The van der Waals surface area contributed by atoms with Gasteiger partial charge in [-0.3, -0.25) is 0 Å². The Morgan fingerprint density at radius 3 is 2.25 bits per heavy atom. The van der Waals surface area contributed by atoms with Crippen molar-refractivity contribution in [3.63, 3.8) is 0 Å². The fourth-order valence-electron chi connectivity index (χ4n) is 0.903. The highest BCUT2D eigenvalue weighted by Gasteiger charge is 2.22. The van der Waals surface area contributed by atoms with Gasteiger partial charge < -0.3 is 4.90 Å². The van der Waals surface area contributed by atoms with E-state index in [-0.39, 0.29) is 11.3 Å². The van der Waals surface area contributed by atoms with Crippen LogP contribution in [0.5, 0.6) is 0 Å². The lowest BCUT2D eigenvalue weighted by Gasteiger charge is -2.32. The molecule has 0 spiro atoms. The molecular weight excluding hydrogens is 248 g/mol. The van der Waals surface area contributed by atoms with Gasteiger partial charge in [-0.15, -0.1) is 11.6 Å². The van der Waals surface area contributed by atoms with Gasteiger partial charge in [0.2, 0.25) is 10.0 Å². The average molecular weight is 271 g/mol. The molecule has 0 atom stereocenters. The lowest BCUT2D eigenvalue weighted by molar-refractivity contribution is 0.199. The average Bonchev–Trinajstić information content (AvgIpc) is 2.15. The summed E-state index contributed by atoms with van der Waals surface area (Å²) in [6, 6.07) is 0. The van der Waals surface area contributed by atoms with Crippen LogP contribution in [0.3, 0.4) is 0 Å². The number of likely N-dealkylation sites (N-methyl/N-ethyl adjacent to an activating group) is 1.